The highest BCUT2D eigenvalue weighted by Crippen LogP contribution is 2.22. The van der Waals surface area contributed by atoms with E-state index < -0.39 is 12.6 Å². The molecule has 0 saturated carbocycles. The number of nitrogens with zero attached hydrogens (tertiary/aromatic N) is 1. The zero-order chi connectivity index (χ0) is 13.1. The maximum absolute atomic E-state index is 12.0. The highest BCUT2D eigenvalue weighted by atomic mass is 35.5. The highest BCUT2D eigenvalue weighted by molar-refractivity contribution is 6.33. The Labute approximate surface area is 103 Å². The molecule has 1 rings (SSSR count). The second kappa shape index (κ2) is 5.60. The van der Waals surface area contributed by atoms with Crippen LogP contribution in [-0.2, 0) is 6.54 Å². The van der Waals surface area contributed by atoms with Crippen molar-refractivity contribution < 1.29 is 13.2 Å². The molecule has 0 aromatic heterocycles. The zero-order valence-electron chi connectivity index (χ0n) is 9.39. The van der Waals surface area contributed by atoms with Crippen LogP contribution in [-0.4, -0.2) is 24.7 Å². The molecule has 0 heterocycles. The number of anilines is 1. The zero-order valence-corrected chi connectivity index (χ0v) is 10.1. The highest BCUT2D eigenvalue weighted by Gasteiger charge is 2.26. The first-order chi connectivity index (χ1) is 7.78. The van der Waals surface area contributed by atoms with Crippen molar-refractivity contribution in [1.82, 2.24) is 4.90 Å². The molecular formula is C11H14ClF3N2. The third-order valence-electron chi connectivity index (χ3n) is 2.29. The van der Waals surface area contributed by atoms with Gasteiger partial charge < -0.3 is 10.6 Å². The van der Waals surface area contributed by atoms with Crippen molar-refractivity contribution in [2.24, 2.45) is 0 Å². The Morgan fingerprint density at radius 3 is 2.53 bits per heavy atom. The summed E-state index contributed by atoms with van der Waals surface area (Å²) in [7, 11) is 1.63. The minimum atomic E-state index is -4.12. The summed E-state index contributed by atoms with van der Waals surface area (Å²) in [4.78, 5) is 1.59. The van der Waals surface area contributed by atoms with Gasteiger partial charge in [-0.15, -0.1) is 0 Å². The molecule has 0 aliphatic rings. The number of nitrogens with two attached hydrogens (primary N) is 1. The van der Waals surface area contributed by atoms with E-state index in [-0.39, 0.29) is 6.54 Å². The smallest absolute Gasteiger partial charge is 0.390 e. The fourth-order valence-electron chi connectivity index (χ4n) is 1.38. The van der Waals surface area contributed by atoms with Crippen LogP contribution >= 0.6 is 11.6 Å². The summed E-state index contributed by atoms with van der Waals surface area (Å²) in [6.45, 7) is 0.377. The monoisotopic (exact) mass is 266 g/mol. The van der Waals surface area contributed by atoms with E-state index in [9.17, 15) is 13.2 Å². The summed E-state index contributed by atoms with van der Waals surface area (Å²) in [5, 5.41) is 0.423. The SMILES string of the molecule is CN(CCC(F)(F)F)Cc1ccc(N)c(Cl)c1. The molecule has 0 atom stereocenters. The molecular weight excluding hydrogens is 253 g/mol. The first-order valence-electron chi connectivity index (χ1n) is 5.07. The van der Waals surface area contributed by atoms with E-state index in [1.807, 2.05) is 0 Å². The van der Waals surface area contributed by atoms with E-state index in [1.54, 1.807) is 30.1 Å². The first kappa shape index (κ1) is 14.1. The third-order valence-corrected chi connectivity index (χ3v) is 2.62. The average Bonchev–Trinajstić information content (AvgIpc) is 2.20. The molecule has 17 heavy (non-hydrogen) atoms. The molecule has 1 aromatic carbocycles. The van der Waals surface area contributed by atoms with Crippen molar-refractivity contribution in [2.75, 3.05) is 19.3 Å². The summed E-state index contributed by atoms with van der Waals surface area (Å²) in [5.74, 6) is 0. The Kier molecular flexibility index (Phi) is 4.65. The molecule has 1 aromatic rings. The first-order valence-corrected chi connectivity index (χ1v) is 5.45. The molecule has 0 amide bonds. The molecule has 0 saturated heterocycles. The topological polar surface area (TPSA) is 29.3 Å². The van der Waals surface area contributed by atoms with Crippen LogP contribution in [0.2, 0.25) is 5.02 Å². The maximum Gasteiger partial charge on any atom is 0.390 e. The fraction of sp³-hybridized carbons (Fsp3) is 0.455. The number of rotatable bonds is 4. The summed E-state index contributed by atoms with van der Waals surface area (Å²) >= 11 is 5.82. The van der Waals surface area contributed by atoms with Gasteiger partial charge in [-0.05, 0) is 24.7 Å². The Morgan fingerprint density at radius 1 is 1.35 bits per heavy atom. The van der Waals surface area contributed by atoms with Crippen molar-refractivity contribution in [3.8, 4) is 0 Å². The number of hydrogen-bond donors (Lipinski definition) is 1. The molecule has 0 aliphatic heterocycles. The van der Waals surface area contributed by atoms with Crippen molar-refractivity contribution in [2.45, 2.75) is 19.1 Å². The molecule has 0 bridgehead atoms. The quantitative estimate of drug-likeness (QED) is 0.847. The van der Waals surface area contributed by atoms with E-state index >= 15 is 0 Å². The molecule has 0 fully saturated rings. The van der Waals surface area contributed by atoms with Gasteiger partial charge in [0.25, 0.3) is 0 Å². The van der Waals surface area contributed by atoms with E-state index in [0.29, 0.717) is 17.3 Å². The van der Waals surface area contributed by atoms with Crippen LogP contribution in [0.4, 0.5) is 18.9 Å². The second-order valence-electron chi connectivity index (χ2n) is 3.96. The number of hydrogen-bond acceptors (Lipinski definition) is 2. The van der Waals surface area contributed by atoms with Crippen LogP contribution in [0.5, 0.6) is 0 Å². The summed E-state index contributed by atoms with van der Waals surface area (Å²) in [6, 6.07) is 5.07. The van der Waals surface area contributed by atoms with Gasteiger partial charge in [-0.1, -0.05) is 17.7 Å². The van der Waals surface area contributed by atoms with Gasteiger partial charge in [0, 0.05) is 13.1 Å². The van der Waals surface area contributed by atoms with Gasteiger partial charge >= 0.3 is 6.18 Å². The van der Waals surface area contributed by atoms with Crippen molar-refractivity contribution in [1.29, 1.82) is 0 Å². The number of alkyl halides is 3. The summed E-state index contributed by atoms with van der Waals surface area (Å²) < 4.78 is 36.0. The van der Waals surface area contributed by atoms with Gasteiger partial charge in [-0.3, -0.25) is 0 Å². The lowest BCUT2D eigenvalue weighted by molar-refractivity contribution is -0.137. The number of halogens is 4. The predicted octanol–water partition coefficient (Wildman–Crippen LogP) is 3.31. The Morgan fingerprint density at radius 2 is 2.00 bits per heavy atom. The molecule has 0 unspecified atom stereocenters. The van der Waals surface area contributed by atoms with Gasteiger partial charge in [-0.25, -0.2) is 0 Å². The van der Waals surface area contributed by atoms with E-state index in [2.05, 4.69) is 0 Å². The molecule has 0 radical (unpaired) electrons. The molecule has 96 valence electrons. The fourth-order valence-corrected chi connectivity index (χ4v) is 1.58. The van der Waals surface area contributed by atoms with Gasteiger partial charge in [0.15, 0.2) is 0 Å². The third kappa shape index (κ3) is 5.28. The lowest BCUT2D eigenvalue weighted by atomic mass is 10.2. The van der Waals surface area contributed by atoms with Gasteiger partial charge in [0.05, 0.1) is 17.1 Å². The van der Waals surface area contributed by atoms with Crippen LogP contribution in [0.15, 0.2) is 18.2 Å². The normalized spacial score (nSPS) is 12.1. The molecule has 2 nitrogen and oxygen atoms in total. The molecule has 0 aliphatic carbocycles. The van der Waals surface area contributed by atoms with Crippen molar-refractivity contribution >= 4 is 17.3 Å². The van der Waals surface area contributed by atoms with Crippen molar-refractivity contribution in [3.05, 3.63) is 28.8 Å². The van der Waals surface area contributed by atoms with Gasteiger partial charge in [0.1, 0.15) is 0 Å². The Balaban J connectivity index is 2.50. The van der Waals surface area contributed by atoms with Crippen LogP contribution in [0.1, 0.15) is 12.0 Å². The standard InChI is InChI=1S/C11H14ClF3N2/c1-17(5-4-11(13,14)15)7-8-2-3-10(16)9(12)6-8/h2-3,6H,4-5,7,16H2,1H3. The largest absolute Gasteiger partial charge is 0.398 e. The molecule has 2 N–H and O–H groups in total. The van der Waals surface area contributed by atoms with Gasteiger partial charge in [-0.2, -0.15) is 13.2 Å². The summed E-state index contributed by atoms with van der Waals surface area (Å²) in [5.41, 5.74) is 6.85. The van der Waals surface area contributed by atoms with Crippen LogP contribution in [0.25, 0.3) is 0 Å². The number of benzene rings is 1. The Bertz CT molecular complexity index is 379. The predicted molar refractivity (Wildman–Crippen MR) is 62.9 cm³/mol. The second-order valence-corrected chi connectivity index (χ2v) is 4.37. The van der Waals surface area contributed by atoms with Crippen LogP contribution < -0.4 is 5.73 Å². The van der Waals surface area contributed by atoms with E-state index in [1.165, 1.54) is 0 Å². The minimum absolute atomic E-state index is 0.0362. The lowest BCUT2D eigenvalue weighted by Crippen LogP contribution is -2.24. The van der Waals surface area contributed by atoms with E-state index in [0.717, 1.165) is 5.56 Å². The minimum Gasteiger partial charge on any atom is -0.398 e. The summed E-state index contributed by atoms with van der Waals surface area (Å²) in [6.07, 6.45) is -4.93. The molecule has 6 heteroatoms. The van der Waals surface area contributed by atoms with Crippen LogP contribution in [0, 0.1) is 0 Å². The number of nitrogen functional groups attached to an aromatic ring is 1. The maximum atomic E-state index is 12.0. The molecule has 0 spiro atoms. The van der Waals surface area contributed by atoms with E-state index in [4.69, 9.17) is 17.3 Å². The van der Waals surface area contributed by atoms with Crippen LogP contribution in [0.3, 0.4) is 0 Å². The van der Waals surface area contributed by atoms with Crippen molar-refractivity contribution in [3.63, 3.8) is 0 Å². The average molecular weight is 267 g/mol. The Hall–Kier alpha value is -0.940. The van der Waals surface area contributed by atoms with Gasteiger partial charge in [0.2, 0.25) is 0 Å². The lowest BCUT2D eigenvalue weighted by Gasteiger charge is -2.18.